The fraction of sp³-hybridized carbons (Fsp3) is 0.280. The Bertz CT molecular complexity index is 1080. The van der Waals surface area contributed by atoms with Crippen LogP contribution in [-0.4, -0.2) is 30.6 Å². The van der Waals surface area contributed by atoms with E-state index in [9.17, 15) is 13.6 Å². The number of carbonyl (C=O) groups excluding carboxylic acids is 1. The van der Waals surface area contributed by atoms with Crippen LogP contribution in [0.1, 0.15) is 24.6 Å². The van der Waals surface area contributed by atoms with Crippen molar-refractivity contribution in [3.8, 4) is 28.7 Å². The average Bonchev–Trinajstić information content (AvgIpc) is 3.24. The van der Waals surface area contributed by atoms with Crippen molar-refractivity contribution < 1.29 is 32.2 Å². The van der Waals surface area contributed by atoms with Gasteiger partial charge in [0.2, 0.25) is 5.89 Å². The molecule has 0 spiro atoms. The van der Waals surface area contributed by atoms with Crippen molar-refractivity contribution in [3.05, 3.63) is 72.6 Å². The Morgan fingerprint density at radius 2 is 1.94 bits per heavy atom. The molecule has 0 radical (unpaired) electrons. The molecule has 0 unspecified atom stereocenters. The van der Waals surface area contributed by atoms with Crippen LogP contribution in [0.25, 0.3) is 11.5 Å². The van der Waals surface area contributed by atoms with E-state index in [0.717, 1.165) is 5.56 Å². The summed E-state index contributed by atoms with van der Waals surface area (Å²) >= 11 is 0. The first-order valence-corrected chi connectivity index (χ1v) is 10.5. The van der Waals surface area contributed by atoms with Gasteiger partial charge in [0.1, 0.15) is 17.8 Å². The van der Waals surface area contributed by atoms with E-state index < -0.39 is 6.61 Å². The highest BCUT2D eigenvalue weighted by molar-refractivity contribution is 5.83. The molecule has 0 N–H and O–H groups in total. The van der Waals surface area contributed by atoms with E-state index >= 15 is 0 Å². The van der Waals surface area contributed by atoms with Crippen LogP contribution in [0.4, 0.5) is 8.78 Å². The van der Waals surface area contributed by atoms with Gasteiger partial charge < -0.3 is 18.6 Å². The third-order valence-corrected chi connectivity index (χ3v) is 4.58. The van der Waals surface area contributed by atoms with E-state index in [1.807, 2.05) is 31.2 Å². The second-order valence-corrected chi connectivity index (χ2v) is 7.04. The Morgan fingerprint density at radius 3 is 2.70 bits per heavy atom. The second kappa shape index (κ2) is 11.8. The minimum Gasteiger partial charge on any atom is -0.494 e. The first kappa shape index (κ1) is 24.0. The summed E-state index contributed by atoms with van der Waals surface area (Å²) in [5.41, 5.74) is 1.66. The van der Waals surface area contributed by atoms with Crippen LogP contribution < -0.4 is 14.2 Å². The van der Waals surface area contributed by atoms with Crippen molar-refractivity contribution in [1.82, 2.24) is 4.98 Å². The van der Waals surface area contributed by atoms with Gasteiger partial charge in [-0.3, -0.25) is 4.79 Å². The number of carbonyl (C=O) groups is 1. The van der Waals surface area contributed by atoms with Crippen LogP contribution in [0.15, 0.2) is 65.8 Å². The summed E-state index contributed by atoms with van der Waals surface area (Å²) in [5, 5.41) is 0. The van der Waals surface area contributed by atoms with Gasteiger partial charge in [-0.05, 0) is 37.6 Å². The molecule has 0 saturated carbocycles. The summed E-state index contributed by atoms with van der Waals surface area (Å²) in [6.07, 6.45) is 3.85. The van der Waals surface area contributed by atoms with E-state index in [1.165, 1.54) is 18.4 Å². The number of halogens is 2. The van der Waals surface area contributed by atoms with Gasteiger partial charge >= 0.3 is 6.61 Å². The molecule has 1 heterocycles. The molecule has 3 rings (SSSR count). The fourth-order valence-electron chi connectivity index (χ4n) is 3.14. The zero-order chi connectivity index (χ0) is 23.6. The van der Waals surface area contributed by atoms with Crippen LogP contribution in [0.3, 0.4) is 0 Å². The van der Waals surface area contributed by atoms with Gasteiger partial charge in [0.15, 0.2) is 11.5 Å². The quantitative estimate of drug-likeness (QED) is 0.244. The molecule has 33 heavy (non-hydrogen) atoms. The van der Waals surface area contributed by atoms with E-state index in [1.54, 1.807) is 12.1 Å². The Balaban J connectivity index is 1.71. The fourth-order valence-corrected chi connectivity index (χ4v) is 3.14. The van der Waals surface area contributed by atoms with Crippen molar-refractivity contribution in [2.45, 2.75) is 32.8 Å². The van der Waals surface area contributed by atoms with Crippen molar-refractivity contribution in [2.75, 3.05) is 13.2 Å². The third kappa shape index (κ3) is 6.90. The largest absolute Gasteiger partial charge is 0.494 e. The maximum absolute atomic E-state index is 12.8. The minimum atomic E-state index is -3.01. The van der Waals surface area contributed by atoms with E-state index in [2.05, 4.69) is 16.3 Å². The highest BCUT2D eigenvalue weighted by Crippen LogP contribution is 2.34. The number of benzene rings is 2. The van der Waals surface area contributed by atoms with Gasteiger partial charge in [0.25, 0.3) is 0 Å². The number of oxazole rings is 1. The second-order valence-electron chi connectivity index (χ2n) is 7.04. The summed E-state index contributed by atoms with van der Waals surface area (Å²) in [4.78, 5) is 16.9. The standard InChI is InChI=1S/C25H25F2NO5/c1-3-5-12-31-22-11-10-18(14-23(22)33-25(26)27)24-28-19(16-32-24)15-20(29)13-17-8-6-7-9-21(17)30-4-2/h3,6-11,14,16,25H,1,4-5,12-13,15H2,2H3. The highest BCUT2D eigenvalue weighted by Gasteiger charge is 2.17. The minimum absolute atomic E-state index is 0.0605. The molecule has 2 aromatic carbocycles. The molecule has 0 fully saturated rings. The summed E-state index contributed by atoms with van der Waals surface area (Å²) < 4.78 is 46.8. The van der Waals surface area contributed by atoms with Crippen molar-refractivity contribution >= 4 is 5.78 Å². The lowest BCUT2D eigenvalue weighted by Crippen LogP contribution is -2.08. The predicted octanol–water partition coefficient (Wildman–Crippen LogP) is 5.65. The topological polar surface area (TPSA) is 70.8 Å². The van der Waals surface area contributed by atoms with Crippen LogP contribution in [0.5, 0.6) is 17.2 Å². The van der Waals surface area contributed by atoms with Gasteiger partial charge in [-0.1, -0.05) is 24.3 Å². The average molecular weight is 457 g/mol. The zero-order valence-electron chi connectivity index (χ0n) is 18.3. The van der Waals surface area contributed by atoms with Crippen LogP contribution >= 0.6 is 0 Å². The third-order valence-electron chi connectivity index (χ3n) is 4.58. The number of ether oxygens (including phenoxy) is 3. The number of ketones is 1. The highest BCUT2D eigenvalue weighted by atomic mass is 19.3. The summed E-state index contributed by atoms with van der Waals surface area (Å²) in [6, 6.07) is 11.9. The molecule has 0 saturated heterocycles. The van der Waals surface area contributed by atoms with Crippen LogP contribution in [0, 0.1) is 0 Å². The van der Waals surface area contributed by atoms with Gasteiger partial charge in [-0.2, -0.15) is 8.78 Å². The summed E-state index contributed by atoms with van der Waals surface area (Å²) in [5.74, 6) is 0.848. The molecular formula is C25H25F2NO5. The Kier molecular flexibility index (Phi) is 8.57. The Morgan fingerprint density at radius 1 is 1.12 bits per heavy atom. The van der Waals surface area contributed by atoms with E-state index in [0.29, 0.717) is 30.0 Å². The molecular weight excluding hydrogens is 432 g/mol. The normalized spacial score (nSPS) is 10.8. The van der Waals surface area contributed by atoms with Crippen molar-refractivity contribution in [1.29, 1.82) is 0 Å². The molecule has 0 atom stereocenters. The zero-order valence-corrected chi connectivity index (χ0v) is 18.3. The molecule has 0 aliphatic heterocycles. The molecule has 1 aromatic heterocycles. The number of nitrogens with zero attached hydrogens (tertiary/aromatic N) is 1. The summed E-state index contributed by atoms with van der Waals surface area (Å²) in [6.45, 7) is 3.25. The number of Topliss-reactive ketones (excluding diaryl/α,β-unsaturated/α-hetero) is 1. The molecule has 174 valence electrons. The van der Waals surface area contributed by atoms with E-state index in [4.69, 9.17) is 13.9 Å². The lowest BCUT2D eigenvalue weighted by molar-refractivity contribution is -0.117. The predicted molar refractivity (Wildman–Crippen MR) is 119 cm³/mol. The molecule has 6 nitrogen and oxygen atoms in total. The molecule has 0 aliphatic rings. The maximum Gasteiger partial charge on any atom is 0.387 e. The van der Waals surface area contributed by atoms with Gasteiger partial charge in [0.05, 0.1) is 25.3 Å². The lowest BCUT2D eigenvalue weighted by Gasteiger charge is -2.12. The lowest BCUT2D eigenvalue weighted by atomic mass is 10.1. The Labute approximate surface area is 190 Å². The monoisotopic (exact) mass is 457 g/mol. The molecule has 8 heteroatoms. The van der Waals surface area contributed by atoms with Crippen LogP contribution in [0.2, 0.25) is 0 Å². The summed E-state index contributed by atoms with van der Waals surface area (Å²) in [7, 11) is 0. The smallest absolute Gasteiger partial charge is 0.387 e. The number of para-hydroxylation sites is 1. The SMILES string of the molecule is C=CCCOc1ccc(-c2nc(CC(=O)Cc3ccccc3OCC)co2)cc1OC(F)F. The van der Waals surface area contributed by atoms with Crippen LogP contribution in [-0.2, 0) is 17.6 Å². The van der Waals surface area contributed by atoms with E-state index in [-0.39, 0.29) is 42.6 Å². The van der Waals surface area contributed by atoms with Gasteiger partial charge in [-0.25, -0.2) is 4.98 Å². The van der Waals surface area contributed by atoms with Crippen molar-refractivity contribution in [2.24, 2.45) is 0 Å². The first-order chi connectivity index (χ1) is 16.0. The Hall–Kier alpha value is -3.68. The number of rotatable bonds is 13. The number of hydrogen-bond donors (Lipinski definition) is 0. The molecule has 3 aromatic rings. The van der Waals surface area contributed by atoms with Crippen molar-refractivity contribution in [3.63, 3.8) is 0 Å². The van der Waals surface area contributed by atoms with Gasteiger partial charge in [-0.15, -0.1) is 6.58 Å². The van der Waals surface area contributed by atoms with Gasteiger partial charge in [0, 0.05) is 17.5 Å². The number of alkyl halides is 2. The molecule has 0 aliphatic carbocycles. The molecule has 0 bridgehead atoms. The maximum atomic E-state index is 12.8. The molecule has 0 amide bonds. The number of hydrogen-bond acceptors (Lipinski definition) is 6. The number of aromatic nitrogens is 1. The first-order valence-electron chi connectivity index (χ1n) is 10.5.